The minimum Gasteiger partial charge on any atom is -0.465 e. The van der Waals surface area contributed by atoms with E-state index in [-0.39, 0.29) is 0 Å². The summed E-state index contributed by atoms with van der Waals surface area (Å²) in [6, 6.07) is 19.5. The van der Waals surface area contributed by atoms with Gasteiger partial charge in [0.25, 0.3) is 0 Å². The van der Waals surface area contributed by atoms with Crippen LogP contribution >= 0.6 is 0 Å². The van der Waals surface area contributed by atoms with Crippen molar-refractivity contribution in [1.82, 2.24) is 0 Å². The first-order valence-corrected chi connectivity index (χ1v) is 4.95. The maximum absolute atomic E-state index is 8.78. The van der Waals surface area contributed by atoms with Crippen molar-refractivity contribution in [2.75, 3.05) is 0 Å². The Balaban J connectivity index is 0.000000317. The van der Waals surface area contributed by atoms with Crippen molar-refractivity contribution in [2.45, 2.75) is 0 Å². The number of nitrogens with two attached hydrogens (primary N) is 1. The Morgan fingerprint density at radius 2 is 1.18 bits per heavy atom. The Hall–Kier alpha value is -2.49. The van der Waals surface area contributed by atoms with Crippen molar-refractivity contribution in [3.05, 3.63) is 60.7 Å². The Kier molecular flexibility index (Phi) is 5.10. The van der Waals surface area contributed by atoms with Gasteiger partial charge < -0.3 is 15.6 Å². The first-order chi connectivity index (χ1) is 8.18. The number of para-hydroxylation sites is 2. The Morgan fingerprint density at radius 1 is 0.882 bits per heavy atom. The Bertz CT molecular complexity index is 401. The average molecular weight is 231 g/mol. The zero-order valence-electron chi connectivity index (χ0n) is 9.11. The van der Waals surface area contributed by atoms with Crippen LogP contribution in [0, 0.1) is 0 Å². The van der Waals surface area contributed by atoms with Crippen LogP contribution in [-0.2, 0) is 0 Å². The van der Waals surface area contributed by atoms with Crippen molar-refractivity contribution in [1.29, 1.82) is 0 Å². The number of hydrogen-bond acceptors (Lipinski definition) is 2. The van der Waals surface area contributed by atoms with Gasteiger partial charge >= 0.3 is 6.09 Å². The molecule has 1 amide bonds. The summed E-state index contributed by atoms with van der Waals surface area (Å²) in [6.07, 6.45) is -1.33. The van der Waals surface area contributed by atoms with Gasteiger partial charge in [0, 0.05) is 0 Å². The van der Waals surface area contributed by atoms with Crippen LogP contribution < -0.4 is 10.5 Å². The van der Waals surface area contributed by atoms with Gasteiger partial charge in [0.1, 0.15) is 11.5 Å². The van der Waals surface area contributed by atoms with E-state index in [4.69, 9.17) is 14.6 Å². The van der Waals surface area contributed by atoms with Crippen LogP contribution in [0.5, 0.6) is 11.5 Å². The van der Waals surface area contributed by atoms with E-state index >= 15 is 0 Å². The second-order valence-corrected chi connectivity index (χ2v) is 3.07. The summed E-state index contributed by atoms with van der Waals surface area (Å²) in [5, 5.41) is 7.19. The summed E-state index contributed by atoms with van der Waals surface area (Å²) in [5.41, 5.74) is 4.03. The minimum absolute atomic E-state index is 0.869. The summed E-state index contributed by atoms with van der Waals surface area (Å²) in [5.74, 6) is 1.74. The lowest BCUT2D eigenvalue weighted by Crippen LogP contribution is -2.03. The predicted molar refractivity (Wildman–Crippen MR) is 65.2 cm³/mol. The third-order valence-corrected chi connectivity index (χ3v) is 1.72. The van der Waals surface area contributed by atoms with Crippen LogP contribution in [-0.4, -0.2) is 11.2 Å². The number of rotatable bonds is 2. The van der Waals surface area contributed by atoms with E-state index in [1.165, 1.54) is 0 Å². The molecule has 0 saturated carbocycles. The van der Waals surface area contributed by atoms with E-state index in [0.717, 1.165) is 11.5 Å². The molecule has 0 spiro atoms. The Labute approximate surface area is 99.3 Å². The minimum atomic E-state index is -1.33. The van der Waals surface area contributed by atoms with Gasteiger partial charge in [-0.3, -0.25) is 0 Å². The molecule has 0 unspecified atom stereocenters. The van der Waals surface area contributed by atoms with Crippen molar-refractivity contribution in [3.8, 4) is 11.5 Å². The molecule has 0 heterocycles. The molecule has 4 nitrogen and oxygen atoms in total. The second kappa shape index (κ2) is 6.90. The van der Waals surface area contributed by atoms with Crippen LogP contribution in [0.1, 0.15) is 0 Å². The smallest absolute Gasteiger partial charge is 0.402 e. The van der Waals surface area contributed by atoms with E-state index in [1.807, 2.05) is 60.7 Å². The average Bonchev–Trinajstić information content (AvgIpc) is 2.31. The molecule has 0 saturated heterocycles. The first-order valence-electron chi connectivity index (χ1n) is 4.95. The summed E-state index contributed by atoms with van der Waals surface area (Å²) in [6.45, 7) is 0. The summed E-state index contributed by atoms with van der Waals surface area (Å²) >= 11 is 0. The van der Waals surface area contributed by atoms with E-state index in [1.54, 1.807) is 0 Å². The molecule has 0 fully saturated rings. The van der Waals surface area contributed by atoms with Crippen molar-refractivity contribution in [3.63, 3.8) is 0 Å². The number of benzene rings is 2. The fraction of sp³-hybridized carbons (Fsp3) is 0. The third kappa shape index (κ3) is 5.84. The van der Waals surface area contributed by atoms with Crippen LogP contribution in [0.2, 0.25) is 0 Å². The standard InChI is InChI=1S/C12H10O.CH3NO2/c1-3-7-11(8-4-1)13-12-9-5-2-6-10-12;2-1(3)4/h1-10H;2H2,(H,3,4). The molecule has 2 rings (SSSR count). The molecule has 2 aromatic rings. The van der Waals surface area contributed by atoms with Gasteiger partial charge in [0.2, 0.25) is 0 Å². The summed E-state index contributed by atoms with van der Waals surface area (Å²) in [4.78, 5) is 8.78. The van der Waals surface area contributed by atoms with Gasteiger partial charge in [0.05, 0.1) is 0 Å². The third-order valence-electron chi connectivity index (χ3n) is 1.72. The molecule has 3 N–H and O–H groups in total. The van der Waals surface area contributed by atoms with Gasteiger partial charge in [-0.05, 0) is 24.3 Å². The molecule has 0 bridgehead atoms. The normalized spacial score (nSPS) is 8.71. The van der Waals surface area contributed by atoms with Gasteiger partial charge in [0.15, 0.2) is 0 Å². The fourth-order valence-electron chi connectivity index (χ4n) is 1.11. The molecule has 0 aliphatic rings. The second-order valence-electron chi connectivity index (χ2n) is 3.07. The van der Waals surface area contributed by atoms with Gasteiger partial charge in [-0.1, -0.05) is 36.4 Å². The summed E-state index contributed by atoms with van der Waals surface area (Å²) in [7, 11) is 0. The monoisotopic (exact) mass is 231 g/mol. The molecule has 0 aliphatic carbocycles. The van der Waals surface area contributed by atoms with Crippen molar-refractivity contribution >= 4 is 6.09 Å². The van der Waals surface area contributed by atoms with Crippen LogP contribution in [0.4, 0.5) is 4.79 Å². The number of carboxylic acid groups (broad SMARTS) is 1. The van der Waals surface area contributed by atoms with Crippen LogP contribution in [0.3, 0.4) is 0 Å². The molecule has 17 heavy (non-hydrogen) atoms. The lowest BCUT2D eigenvalue weighted by atomic mass is 10.3. The quantitative estimate of drug-likeness (QED) is 0.834. The number of ether oxygens (including phenoxy) is 1. The van der Waals surface area contributed by atoms with Crippen molar-refractivity contribution < 1.29 is 14.6 Å². The molecule has 4 heteroatoms. The van der Waals surface area contributed by atoms with E-state index in [9.17, 15) is 0 Å². The van der Waals surface area contributed by atoms with E-state index in [0.29, 0.717) is 0 Å². The van der Waals surface area contributed by atoms with Crippen LogP contribution in [0.25, 0.3) is 0 Å². The maximum atomic E-state index is 8.78. The number of amides is 1. The van der Waals surface area contributed by atoms with Crippen molar-refractivity contribution in [2.24, 2.45) is 5.73 Å². The first kappa shape index (κ1) is 12.6. The topological polar surface area (TPSA) is 72.6 Å². The highest BCUT2D eigenvalue weighted by Gasteiger charge is 1.92. The van der Waals surface area contributed by atoms with Gasteiger partial charge in [-0.15, -0.1) is 0 Å². The largest absolute Gasteiger partial charge is 0.465 e. The predicted octanol–water partition coefficient (Wildman–Crippen LogP) is 3.10. The number of hydrogen-bond donors (Lipinski definition) is 2. The highest BCUT2D eigenvalue weighted by atomic mass is 16.5. The van der Waals surface area contributed by atoms with Crippen LogP contribution in [0.15, 0.2) is 60.7 Å². The molecule has 88 valence electrons. The Morgan fingerprint density at radius 3 is 1.47 bits per heavy atom. The number of primary amides is 1. The molecular formula is C13H13NO3. The lowest BCUT2D eigenvalue weighted by molar-refractivity contribution is 0.205. The molecule has 2 aromatic carbocycles. The molecule has 0 atom stereocenters. The highest BCUT2D eigenvalue weighted by molar-refractivity contribution is 5.61. The highest BCUT2D eigenvalue weighted by Crippen LogP contribution is 2.19. The van der Waals surface area contributed by atoms with Gasteiger partial charge in [-0.25, -0.2) is 4.79 Å². The zero-order valence-corrected chi connectivity index (χ0v) is 9.11. The lowest BCUT2D eigenvalue weighted by Gasteiger charge is -2.03. The van der Waals surface area contributed by atoms with E-state index in [2.05, 4.69) is 5.73 Å². The molecule has 0 aliphatic heterocycles. The summed E-state index contributed by atoms with van der Waals surface area (Å²) < 4.78 is 5.58. The molecule has 0 aromatic heterocycles. The van der Waals surface area contributed by atoms with E-state index < -0.39 is 6.09 Å². The maximum Gasteiger partial charge on any atom is 0.402 e. The van der Waals surface area contributed by atoms with Gasteiger partial charge in [-0.2, -0.15) is 0 Å². The SMILES string of the molecule is NC(=O)O.c1ccc(Oc2ccccc2)cc1. The number of carbonyl (C=O) groups is 1. The fourth-order valence-corrected chi connectivity index (χ4v) is 1.11. The molecule has 0 radical (unpaired) electrons. The molecular weight excluding hydrogens is 218 g/mol. The zero-order chi connectivity index (χ0) is 12.5.